The third-order valence-corrected chi connectivity index (χ3v) is 3.39. The maximum atomic E-state index is 5.82. The lowest BCUT2D eigenvalue weighted by Gasteiger charge is -2.16. The van der Waals surface area contributed by atoms with Crippen LogP contribution in [0.2, 0.25) is 0 Å². The second-order valence-electron chi connectivity index (χ2n) is 4.43. The van der Waals surface area contributed by atoms with E-state index in [1.165, 1.54) is 21.9 Å². The van der Waals surface area contributed by atoms with Crippen LogP contribution in [0.5, 0.6) is 0 Å². The molecule has 17 heavy (non-hydrogen) atoms. The molecular weight excluding hydrogens is 230 g/mol. The first-order valence-corrected chi connectivity index (χ1v) is 6.51. The molecule has 2 aromatic rings. The molecule has 0 amide bonds. The molecule has 0 radical (unpaired) electrons. The summed E-state index contributed by atoms with van der Waals surface area (Å²) in [5, 5.41) is 5.91. The van der Waals surface area contributed by atoms with Crippen molar-refractivity contribution in [2.24, 2.45) is 0 Å². The molecule has 0 aliphatic rings. The quantitative estimate of drug-likeness (QED) is 0.805. The average molecular weight is 248 g/mol. The van der Waals surface area contributed by atoms with E-state index in [4.69, 9.17) is 11.6 Å². The first-order valence-electron chi connectivity index (χ1n) is 5.98. The van der Waals surface area contributed by atoms with Crippen LogP contribution in [-0.2, 0) is 0 Å². The summed E-state index contributed by atoms with van der Waals surface area (Å²) in [7, 11) is 1.98. The van der Waals surface area contributed by atoms with Crippen LogP contribution in [-0.4, -0.2) is 12.9 Å². The molecule has 0 saturated heterocycles. The molecule has 1 atom stereocenters. The Morgan fingerprint density at radius 2 is 1.82 bits per heavy atom. The molecule has 0 spiro atoms. The summed E-state index contributed by atoms with van der Waals surface area (Å²) in [5.41, 5.74) is 2.61. The first-order chi connectivity index (χ1) is 8.24. The van der Waals surface area contributed by atoms with E-state index in [2.05, 4.69) is 48.6 Å². The van der Waals surface area contributed by atoms with Crippen molar-refractivity contribution in [2.45, 2.75) is 19.4 Å². The molecule has 2 rings (SSSR count). The van der Waals surface area contributed by atoms with Crippen molar-refractivity contribution in [2.75, 3.05) is 12.9 Å². The van der Waals surface area contributed by atoms with Crippen LogP contribution in [0.25, 0.3) is 10.8 Å². The lowest BCUT2D eigenvalue weighted by molar-refractivity contribution is 0.580. The number of nitrogens with one attached hydrogen (secondary N) is 1. The molecule has 0 aliphatic carbocycles. The number of fused-ring (bicyclic) bond motifs is 1. The second-order valence-corrected chi connectivity index (χ2v) is 4.81. The first kappa shape index (κ1) is 12.4. The molecule has 0 bridgehead atoms. The largest absolute Gasteiger partial charge is 0.313 e. The number of halogens is 1. The molecule has 0 aliphatic heterocycles. The third kappa shape index (κ3) is 2.80. The van der Waals surface area contributed by atoms with E-state index in [0.717, 1.165) is 6.42 Å². The Kier molecular flexibility index (Phi) is 4.03. The van der Waals surface area contributed by atoms with Crippen molar-refractivity contribution < 1.29 is 0 Å². The minimum absolute atomic E-state index is 0.346. The Hall–Kier alpha value is -1.05. The molecule has 1 unspecified atom stereocenters. The number of alkyl halides is 1. The molecular formula is C15H18ClN. The van der Waals surface area contributed by atoms with Gasteiger partial charge in [-0.3, -0.25) is 0 Å². The van der Waals surface area contributed by atoms with Crippen molar-refractivity contribution in [1.82, 2.24) is 5.32 Å². The van der Waals surface area contributed by atoms with E-state index < -0.39 is 0 Å². The highest BCUT2D eigenvalue weighted by Crippen LogP contribution is 2.23. The van der Waals surface area contributed by atoms with E-state index in [0.29, 0.717) is 11.9 Å². The van der Waals surface area contributed by atoms with E-state index in [1.807, 2.05) is 7.05 Å². The number of hydrogen-bond acceptors (Lipinski definition) is 1. The minimum Gasteiger partial charge on any atom is -0.313 e. The Morgan fingerprint density at radius 1 is 1.12 bits per heavy atom. The predicted molar refractivity (Wildman–Crippen MR) is 75.8 cm³/mol. The fourth-order valence-corrected chi connectivity index (χ4v) is 2.41. The van der Waals surface area contributed by atoms with Crippen LogP contribution in [0, 0.1) is 6.92 Å². The Bertz CT molecular complexity index is 507. The fraction of sp³-hybridized carbons (Fsp3) is 0.333. The van der Waals surface area contributed by atoms with Crippen LogP contribution in [0.3, 0.4) is 0 Å². The minimum atomic E-state index is 0.346. The maximum absolute atomic E-state index is 5.82. The standard InChI is InChI=1S/C15H18ClN/c1-11-3-4-13-10-14(6-5-12(13)9-11)15(17-2)7-8-16/h3-6,9-10,15,17H,7-8H2,1-2H3. The summed E-state index contributed by atoms with van der Waals surface area (Å²) >= 11 is 5.82. The van der Waals surface area contributed by atoms with Gasteiger partial charge in [0.2, 0.25) is 0 Å². The molecule has 0 saturated carbocycles. The molecule has 0 aromatic heterocycles. The van der Waals surface area contributed by atoms with E-state index in [9.17, 15) is 0 Å². The van der Waals surface area contributed by atoms with Crippen LogP contribution in [0.4, 0.5) is 0 Å². The molecule has 0 heterocycles. The monoisotopic (exact) mass is 247 g/mol. The molecule has 90 valence electrons. The van der Waals surface area contributed by atoms with Gasteiger partial charge in [0.25, 0.3) is 0 Å². The lowest BCUT2D eigenvalue weighted by atomic mass is 9.99. The van der Waals surface area contributed by atoms with Crippen molar-refractivity contribution >= 4 is 22.4 Å². The van der Waals surface area contributed by atoms with Crippen molar-refractivity contribution in [1.29, 1.82) is 0 Å². The Morgan fingerprint density at radius 3 is 2.53 bits per heavy atom. The van der Waals surface area contributed by atoms with Gasteiger partial charge in [-0.15, -0.1) is 11.6 Å². The number of rotatable bonds is 4. The predicted octanol–water partition coefficient (Wildman–Crippen LogP) is 4.04. The molecule has 1 N–H and O–H groups in total. The zero-order valence-electron chi connectivity index (χ0n) is 10.3. The molecule has 0 fully saturated rings. The smallest absolute Gasteiger partial charge is 0.0329 e. The summed E-state index contributed by atoms with van der Waals surface area (Å²) in [6.07, 6.45) is 0.954. The van der Waals surface area contributed by atoms with Gasteiger partial charge < -0.3 is 5.32 Å². The summed E-state index contributed by atoms with van der Waals surface area (Å²) in [6.45, 7) is 2.12. The average Bonchev–Trinajstić information content (AvgIpc) is 2.35. The summed E-state index contributed by atoms with van der Waals surface area (Å²) in [6, 6.07) is 13.5. The highest BCUT2D eigenvalue weighted by atomic mass is 35.5. The highest BCUT2D eigenvalue weighted by molar-refractivity contribution is 6.17. The topological polar surface area (TPSA) is 12.0 Å². The lowest BCUT2D eigenvalue weighted by Crippen LogP contribution is -2.16. The van der Waals surface area contributed by atoms with Gasteiger partial charge in [0.1, 0.15) is 0 Å². The molecule has 2 heteroatoms. The van der Waals surface area contributed by atoms with Gasteiger partial charge in [0.15, 0.2) is 0 Å². The zero-order valence-corrected chi connectivity index (χ0v) is 11.1. The fourth-order valence-electron chi connectivity index (χ4n) is 2.19. The van der Waals surface area contributed by atoms with Crippen molar-refractivity contribution in [3.63, 3.8) is 0 Å². The van der Waals surface area contributed by atoms with Crippen LogP contribution >= 0.6 is 11.6 Å². The van der Waals surface area contributed by atoms with E-state index >= 15 is 0 Å². The molecule has 1 nitrogen and oxygen atoms in total. The maximum Gasteiger partial charge on any atom is 0.0329 e. The van der Waals surface area contributed by atoms with Crippen molar-refractivity contribution in [3.05, 3.63) is 47.5 Å². The van der Waals surface area contributed by atoms with E-state index in [-0.39, 0.29) is 0 Å². The Balaban J connectivity index is 2.40. The number of benzene rings is 2. The highest BCUT2D eigenvalue weighted by Gasteiger charge is 2.08. The van der Waals surface area contributed by atoms with Gasteiger partial charge in [-0.2, -0.15) is 0 Å². The van der Waals surface area contributed by atoms with Crippen molar-refractivity contribution in [3.8, 4) is 0 Å². The molecule has 2 aromatic carbocycles. The SMILES string of the molecule is CNC(CCCl)c1ccc2cc(C)ccc2c1. The normalized spacial score (nSPS) is 12.9. The van der Waals surface area contributed by atoms with Crippen LogP contribution in [0.1, 0.15) is 23.6 Å². The van der Waals surface area contributed by atoms with Gasteiger partial charge >= 0.3 is 0 Å². The summed E-state index contributed by atoms with van der Waals surface area (Å²) < 4.78 is 0. The number of hydrogen-bond donors (Lipinski definition) is 1. The van der Waals surface area contributed by atoms with Gasteiger partial charge in [0.05, 0.1) is 0 Å². The zero-order chi connectivity index (χ0) is 12.3. The van der Waals surface area contributed by atoms with Crippen LogP contribution < -0.4 is 5.32 Å². The van der Waals surface area contributed by atoms with Gasteiger partial charge in [-0.1, -0.05) is 35.9 Å². The number of aryl methyl sites for hydroxylation is 1. The summed E-state index contributed by atoms with van der Waals surface area (Å²) in [4.78, 5) is 0. The van der Waals surface area contributed by atoms with E-state index in [1.54, 1.807) is 0 Å². The van der Waals surface area contributed by atoms with Gasteiger partial charge in [0, 0.05) is 11.9 Å². The summed E-state index contributed by atoms with van der Waals surface area (Å²) in [5.74, 6) is 0.678. The van der Waals surface area contributed by atoms with Crippen LogP contribution in [0.15, 0.2) is 36.4 Å². The second kappa shape index (κ2) is 5.52. The third-order valence-electron chi connectivity index (χ3n) is 3.17. The van der Waals surface area contributed by atoms with Gasteiger partial charge in [-0.25, -0.2) is 0 Å². The Labute approximate surface area is 108 Å². The van der Waals surface area contributed by atoms with Gasteiger partial charge in [-0.05, 0) is 42.8 Å².